The molecule has 1 nitrogen and oxygen atoms in total. The molecule has 1 saturated heterocycles. The number of hydrogen-bond acceptors (Lipinski definition) is 1. The highest BCUT2D eigenvalue weighted by atomic mass is 14.9. The SMILES string of the molecule is Cc1ccc(CC2CCCNC2)c2c1CCCC2. The second-order valence-corrected chi connectivity index (χ2v) is 6.12. The van der Waals surface area contributed by atoms with Crippen LogP contribution < -0.4 is 5.32 Å². The fourth-order valence-corrected chi connectivity index (χ4v) is 3.72. The monoisotopic (exact) mass is 243 g/mol. The van der Waals surface area contributed by atoms with E-state index >= 15 is 0 Å². The highest BCUT2D eigenvalue weighted by Crippen LogP contribution is 2.29. The zero-order valence-electron chi connectivity index (χ0n) is 11.6. The molecule has 1 aromatic rings. The van der Waals surface area contributed by atoms with Gasteiger partial charge in [0.1, 0.15) is 0 Å². The van der Waals surface area contributed by atoms with E-state index in [-0.39, 0.29) is 0 Å². The maximum atomic E-state index is 3.55. The number of aryl methyl sites for hydroxylation is 1. The minimum absolute atomic E-state index is 0.868. The Labute approximate surface area is 111 Å². The van der Waals surface area contributed by atoms with Crippen LogP contribution in [0.4, 0.5) is 0 Å². The Balaban J connectivity index is 1.82. The Kier molecular flexibility index (Phi) is 3.69. The first kappa shape index (κ1) is 12.2. The molecule has 1 aromatic carbocycles. The lowest BCUT2D eigenvalue weighted by molar-refractivity contribution is 0.375. The second-order valence-electron chi connectivity index (χ2n) is 6.12. The summed E-state index contributed by atoms with van der Waals surface area (Å²) in [5.41, 5.74) is 6.58. The molecule has 3 rings (SSSR count). The summed E-state index contributed by atoms with van der Waals surface area (Å²) in [5, 5.41) is 3.55. The summed E-state index contributed by atoms with van der Waals surface area (Å²) in [6.45, 7) is 4.74. The summed E-state index contributed by atoms with van der Waals surface area (Å²) in [4.78, 5) is 0. The van der Waals surface area contributed by atoms with Crippen molar-refractivity contribution in [2.24, 2.45) is 5.92 Å². The Bertz CT molecular complexity index is 416. The molecular formula is C17H25N. The zero-order valence-corrected chi connectivity index (χ0v) is 11.6. The molecule has 0 amide bonds. The molecule has 0 spiro atoms. The zero-order chi connectivity index (χ0) is 12.4. The van der Waals surface area contributed by atoms with Crippen LogP contribution in [-0.4, -0.2) is 13.1 Å². The molecular weight excluding hydrogens is 218 g/mol. The van der Waals surface area contributed by atoms with Crippen molar-refractivity contribution in [2.45, 2.75) is 51.9 Å². The van der Waals surface area contributed by atoms with E-state index in [1.54, 1.807) is 16.7 Å². The molecule has 0 saturated carbocycles. The molecule has 1 aliphatic carbocycles. The maximum absolute atomic E-state index is 3.55. The fraction of sp³-hybridized carbons (Fsp3) is 0.647. The van der Waals surface area contributed by atoms with Crippen molar-refractivity contribution in [1.29, 1.82) is 0 Å². The molecule has 1 unspecified atom stereocenters. The van der Waals surface area contributed by atoms with Crippen LogP contribution in [0.3, 0.4) is 0 Å². The van der Waals surface area contributed by atoms with Crippen LogP contribution in [-0.2, 0) is 19.3 Å². The smallest absolute Gasteiger partial charge is 0.00173 e. The van der Waals surface area contributed by atoms with E-state index in [0.29, 0.717) is 0 Å². The normalized spacial score (nSPS) is 23.7. The molecule has 2 aliphatic rings. The van der Waals surface area contributed by atoms with E-state index in [0.717, 1.165) is 5.92 Å². The fourth-order valence-electron chi connectivity index (χ4n) is 3.72. The predicted octanol–water partition coefficient (Wildman–Crippen LogP) is 3.42. The van der Waals surface area contributed by atoms with Gasteiger partial charge in [-0.05, 0) is 93.1 Å². The van der Waals surface area contributed by atoms with Gasteiger partial charge in [0.2, 0.25) is 0 Å². The third kappa shape index (κ3) is 2.47. The summed E-state index contributed by atoms with van der Waals surface area (Å²) in [5.74, 6) is 0.868. The molecule has 0 bridgehead atoms. The van der Waals surface area contributed by atoms with Gasteiger partial charge in [-0.2, -0.15) is 0 Å². The molecule has 1 N–H and O–H groups in total. The lowest BCUT2D eigenvalue weighted by Crippen LogP contribution is -2.31. The average molecular weight is 243 g/mol. The van der Waals surface area contributed by atoms with Crippen molar-refractivity contribution in [1.82, 2.24) is 5.32 Å². The summed E-state index contributed by atoms with van der Waals surface area (Å²) < 4.78 is 0. The summed E-state index contributed by atoms with van der Waals surface area (Å²) in [6.07, 6.45) is 9.50. The topological polar surface area (TPSA) is 12.0 Å². The first-order chi connectivity index (χ1) is 8.84. The van der Waals surface area contributed by atoms with Crippen molar-refractivity contribution in [3.8, 4) is 0 Å². The van der Waals surface area contributed by atoms with Gasteiger partial charge in [-0.15, -0.1) is 0 Å². The van der Waals surface area contributed by atoms with Gasteiger partial charge in [-0.3, -0.25) is 0 Å². The molecule has 0 aromatic heterocycles. The molecule has 18 heavy (non-hydrogen) atoms. The Morgan fingerprint density at radius 1 is 1.11 bits per heavy atom. The first-order valence-corrected chi connectivity index (χ1v) is 7.65. The van der Waals surface area contributed by atoms with Crippen molar-refractivity contribution in [3.05, 3.63) is 34.4 Å². The molecule has 1 atom stereocenters. The van der Waals surface area contributed by atoms with E-state index < -0.39 is 0 Å². The number of fused-ring (bicyclic) bond motifs is 1. The highest BCUT2D eigenvalue weighted by molar-refractivity contribution is 5.42. The summed E-state index contributed by atoms with van der Waals surface area (Å²) in [7, 11) is 0. The minimum Gasteiger partial charge on any atom is -0.316 e. The Morgan fingerprint density at radius 2 is 1.94 bits per heavy atom. The van der Waals surface area contributed by atoms with Gasteiger partial charge in [0.05, 0.1) is 0 Å². The van der Waals surface area contributed by atoms with Crippen molar-refractivity contribution in [3.63, 3.8) is 0 Å². The van der Waals surface area contributed by atoms with E-state index in [9.17, 15) is 0 Å². The maximum Gasteiger partial charge on any atom is -0.00173 e. The number of hydrogen-bond donors (Lipinski definition) is 1. The van der Waals surface area contributed by atoms with Crippen LogP contribution in [0.2, 0.25) is 0 Å². The molecule has 0 radical (unpaired) electrons. The van der Waals surface area contributed by atoms with Crippen LogP contribution in [0.5, 0.6) is 0 Å². The highest BCUT2D eigenvalue weighted by Gasteiger charge is 2.19. The van der Waals surface area contributed by atoms with Gasteiger partial charge in [-0.25, -0.2) is 0 Å². The van der Waals surface area contributed by atoms with Crippen LogP contribution in [0.25, 0.3) is 0 Å². The quantitative estimate of drug-likeness (QED) is 0.839. The standard InChI is InChI=1S/C17H25N/c1-13-8-9-15(11-14-5-4-10-18-12-14)17-7-3-2-6-16(13)17/h8-9,14,18H,2-7,10-12H2,1H3. The third-order valence-corrected chi connectivity index (χ3v) is 4.77. The molecule has 1 heterocycles. The minimum atomic E-state index is 0.868. The van der Waals surface area contributed by atoms with Gasteiger partial charge in [-0.1, -0.05) is 12.1 Å². The van der Waals surface area contributed by atoms with Crippen molar-refractivity contribution < 1.29 is 0 Å². The number of rotatable bonds is 2. The van der Waals surface area contributed by atoms with E-state index in [2.05, 4.69) is 24.4 Å². The van der Waals surface area contributed by atoms with Crippen LogP contribution >= 0.6 is 0 Å². The average Bonchev–Trinajstić information content (AvgIpc) is 2.44. The molecule has 98 valence electrons. The van der Waals surface area contributed by atoms with Crippen LogP contribution in [0.1, 0.15) is 47.9 Å². The van der Waals surface area contributed by atoms with Crippen LogP contribution in [0, 0.1) is 12.8 Å². The Morgan fingerprint density at radius 3 is 2.72 bits per heavy atom. The van der Waals surface area contributed by atoms with Gasteiger partial charge in [0, 0.05) is 0 Å². The van der Waals surface area contributed by atoms with Gasteiger partial charge in [0.25, 0.3) is 0 Å². The summed E-state index contributed by atoms with van der Waals surface area (Å²) in [6, 6.07) is 4.77. The van der Waals surface area contributed by atoms with Gasteiger partial charge in [0.15, 0.2) is 0 Å². The largest absolute Gasteiger partial charge is 0.316 e. The Hall–Kier alpha value is -0.820. The van der Waals surface area contributed by atoms with Crippen molar-refractivity contribution >= 4 is 0 Å². The second kappa shape index (κ2) is 5.44. The molecule has 1 fully saturated rings. The molecule has 1 heteroatoms. The van der Waals surface area contributed by atoms with E-state index in [4.69, 9.17) is 0 Å². The number of nitrogens with one attached hydrogen (secondary N) is 1. The van der Waals surface area contributed by atoms with E-state index in [1.165, 1.54) is 63.6 Å². The summed E-state index contributed by atoms with van der Waals surface area (Å²) >= 11 is 0. The van der Waals surface area contributed by atoms with Gasteiger partial charge >= 0.3 is 0 Å². The van der Waals surface area contributed by atoms with Gasteiger partial charge < -0.3 is 5.32 Å². The third-order valence-electron chi connectivity index (χ3n) is 4.77. The molecule has 1 aliphatic heterocycles. The van der Waals surface area contributed by atoms with Crippen molar-refractivity contribution in [2.75, 3.05) is 13.1 Å². The number of benzene rings is 1. The first-order valence-electron chi connectivity index (χ1n) is 7.65. The lowest BCUT2D eigenvalue weighted by Gasteiger charge is -2.26. The number of piperidine rings is 1. The predicted molar refractivity (Wildman–Crippen MR) is 77.1 cm³/mol. The van der Waals surface area contributed by atoms with E-state index in [1.807, 2.05) is 0 Å². The van der Waals surface area contributed by atoms with Crippen LogP contribution in [0.15, 0.2) is 12.1 Å². The lowest BCUT2D eigenvalue weighted by atomic mass is 9.82.